The molecule has 14 heavy (non-hydrogen) atoms. The molecule has 0 atom stereocenters. The van der Waals surface area contributed by atoms with E-state index in [0.717, 1.165) is 0 Å². The van der Waals surface area contributed by atoms with Gasteiger partial charge in [0, 0.05) is 19.7 Å². The van der Waals surface area contributed by atoms with Crippen molar-refractivity contribution in [3.63, 3.8) is 0 Å². The standard InChI is InChI=1S/C7H13N5O2/c1-2-12(4-3-5-13)7(14)6-8-10-11-9-6/h13H,2-5H2,1H3,(H,8,9,10,11). The predicted octanol–water partition coefficient (Wildman–Crippen LogP) is -0.956. The highest BCUT2D eigenvalue weighted by Gasteiger charge is 2.17. The van der Waals surface area contributed by atoms with Crippen LogP contribution >= 0.6 is 0 Å². The van der Waals surface area contributed by atoms with E-state index in [9.17, 15) is 4.79 Å². The second-order valence-electron chi connectivity index (χ2n) is 2.70. The number of hydrogen-bond acceptors (Lipinski definition) is 5. The van der Waals surface area contributed by atoms with E-state index >= 15 is 0 Å². The number of carbonyl (C=O) groups is 1. The maximum absolute atomic E-state index is 11.6. The predicted molar refractivity (Wildman–Crippen MR) is 47.5 cm³/mol. The fourth-order valence-electron chi connectivity index (χ4n) is 1.06. The van der Waals surface area contributed by atoms with Crippen LogP contribution in [0.3, 0.4) is 0 Å². The maximum atomic E-state index is 11.6. The Morgan fingerprint density at radius 3 is 2.93 bits per heavy atom. The lowest BCUT2D eigenvalue weighted by Crippen LogP contribution is -2.33. The Morgan fingerprint density at radius 2 is 2.43 bits per heavy atom. The zero-order chi connectivity index (χ0) is 10.4. The summed E-state index contributed by atoms with van der Waals surface area (Å²) in [6.07, 6.45) is 0.553. The van der Waals surface area contributed by atoms with Crippen LogP contribution in [0, 0.1) is 0 Å². The third kappa shape index (κ3) is 2.49. The molecule has 0 saturated carbocycles. The van der Waals surface area contributed by atoms with Crippen LogP contribution in [0.4, 0.5) is 0 Å². The van der Waals surface area contributed by atoms with E-state index in [-0.39, 0.29) is 18.3 Å². The largest absolute Gasteiger partial charge is 0.396 e. The van der Waals surface area contributed by atoms with Crippen LogP contribution in [0.15, 0.2) is 0 Å². The second kappa shape index (κ2) is 5.28. The maximum Gasteiger partial charge on any atom is 0.295 e. The average molecular weight is 199 g/mol. The highest BCUT2D eigenvalue weighted by Crippen LogP contribution is 1.97. The fraction of sp³-hybridized carbons (Fsp3) is 0.714. The van der Waals surface area contributed by atoms with Gasteiger partial charge in [0.25, 0.3) is 11.7 Å². The van der Waals surface area contributed by atoms with Crippen molar-refractivity contribution < 1.29 is 9.90 Å². The molecule has 0 radical (unpaired) electrons. The molecule has 1 aromatic heterocycles. The number of carbonyl (C=O) groups excluding carboxylic acids is 1. The zero-order valence-electron chi connectivity index (χ0n) is 7.97. The van der Waals surface area contributed by atoms with Crippen LogP contribution in [0.5, 0.6) is 0 Å². The van der Waals surface area contributed by atoms with Gasteiger partial charge in [0.2, 0.25) is 0 Å². The van der Waals surface area contributed by atoms with E-state index in [4.69, 9.17) is 5.11 Å². The zero-order valence-corrected chi connectivity index (χ0v) is 7.97. The molecule has 0 spiro atoms. The fourth-order valence-corrected chi connectivity index (χ4v) is 1.06. The van der Waals surface area contributed by atoms with Gasteiger partial charge in [0.05, 0.1) is 0 Å². The summed E-state index contributed by atoms with van der Waals surface area (Å²) in [6, 6.07) is 0. The summed E-state index contributed by atoms with van der Waals surface area (Å²) in [6.45, 7) is 2.99. The first-order valence-electron chi connectivity index (χ1n) is 4.43. The molecule has 0 saturated heterocycles. The SMILES string of the molecule is CCN(CCCO)C(=O)c1nn[nH]n1. The molecule has 1 heterocycles. The van der Waals surface area contributed by atoms with Gasteiger partial charge in [-0.25, -0.2) is 0 Å². The van der Waals surface area contributed by atoms with Crippen LogP contribution in [-0.2, 0) is 0 Å². The van der Waals surface area contributed by atoms with Gasteiger partial charge < -0.3 is 10.0 Å². The average Bonchev–Trinajstić information content (AvgIpc) is 2.71. The number of aromatic amines is 1. The third-order valence-corrected chi connectivity index (χ3v) is 1.79. The van der Waals surface area contributed by atoms with Crippen molar-refractivity contribution in [2.75, 3.05) is 19.7 Å². The van der Waals surface area contributed by atoms with Crippen LogP contribution in [-0.4, -0.2) is 56.2 Å². The molecular formula is C7H13N5O2. The second-order valence-corrected chi connectivity index (χ2v) is 2.70. The molecule has 7 heteroatoms. The van der Waals surface area contributed by atoms with E-state index < -0.39 is 0 Å². The third-order valence-electron chi connectivity index (χ3n) is 1.79. The molecule has 1 amide bonds. The molecule has 7 nitrogen and oxygen atoms in total. The first kappa shape index (κ1) is 10.6. The summed E-state index contributed by atoms with van der Waals surface area (Å²) in [5.74, 6) is -0.209. The van der Waals surface area contributed by atoms with Gasteiger partial charge in [0.15, 0.2) is 0 Å². The van der Waals surface area contributed by atoms with Gasteiger partial charge >= 0.3 is 0 Å². The first-order chi connectivity index (χ1) is 6.79. The molecule has 78 valence electrons. The number of tetrazole rings is 1. The quantitative estimate of drug-likeness (QED) is 0.637. The number of aliphatic hydroxyl groups excluding tert-OH is 1. The Balaban J connectivity index is 2.56. The molecule has 1 rings (SSSR count). The Labute approximate surface area is 81.1 Å². The molecule has 0 aliphatic heterocycles. The number of aliphatic hydroxyl groups is 1. The van der Waals surface area contributed by atoms with Crippen molar-refractivity contribution in [1.82, 2.24) is 25.5 Å². The van der Waals surface area contributed by atoms with Crippen molar-refractivity contribution in [3.8, 4) is 0 Å². The van der Waals surface area contributed by atoms with E-state index in [1.807, 2.05) is 6.92 Å². The topological polar surface area (TPSA) is 95.0 Å². The smallest absolute Gasteiger partial charge is 0.295 e. The Kier molecular flexibility index (Phi) is 3.99. The minimum Gasteiger partial charge on any atom is -0.396 e. The van der Waals surface area contributed by atoms with Gasteiger partial charge in [-0.05, 0) is 18.6 Å². The van der Waals surface area contributed by atoms with Gasteiger partial charge in [0.1, 0.15) is 0 Å². The Bertz CT molecular complexity index is 274. The van der Waals surface area contributed by atoms with E-state index in [1.54, 1.807) is 4.90 Å². The number of H-pyrrole nitrogens is 1. The molecule has 0 aliphatic rings. The number of nitrogens with one attached hydrogen (secondary N) is 1. The highest BCUT2D eigenvalue weighted by atomic mass is 16.3. The highest BCUT2D eigenvalue weighted by molar-refractivity contribution is 5.90. The van der Waals surface area contributed by atoms with Crippen molar-refractivity contribution in [1.29, 1.82) is 0 Å². The lowest BCUT2D eigenvalue weighted by molar-refractivity contribution is 0.0742. The summed E-state index contributed by atoms with van der Waals surface area (Å²) in [7, 11) is 0. The summed E-state index contributed by atoms with van der Waals surface area (Å²) < 4.78 is 0. The molecule has 2 N–H and O–H groups in total. The lowest BCUT2D eigenvalue weighted by atomic mass is 10.3. The normalized spacial score (nSPS) is 10.1. The van der Waals surface area contributed by atoms with Crippen molar-refractivity contribution >= 4 is 5.91 Å². The molecule has 0 aromatic carbocycles. The van der Waals surface area contributed by atoms with E-state index in [0.29, 0.717) is 19.5 Å². The molecule has 0 bridgehead atoms. The number of hydrogen-bond donors (Lipinski definition) is 2. The van der Waals surface area contributed by atoms with Gasteiger partial charge in [-0.1, -0.05) is 0 Å². The summed E-state index contributed by atoms with van der Waals surface area (Å²) >= 11 is 0. The number of nitrogens with zero attached hydrogens (tertiary/aromatic N) is 4. The summed E-state index contributed by atoms with van der Waals surface area (Å²) in [5, 5.41) is 21.3. The molecule has 1 aromatic rings. The number of aromatic nitrogens is 4. The molecule has 0 aliphatic carbocycles. The van der Waals surface area contributed by atoms with Gasteiger partial charge in [-0.3, -0.25) is 4.79 Å². The number of amides is 1. The Morgan fingerprint density at radius 1 is 1.64 bits per heavy atom. The summed E-state index contributed by atoms with van der Waals surface area (Å²) in [4.78, 5) is 13.2. The van der Waals surface area contributed by atoms with Crippen molar-refractivity contribution in [2.24, 2.45) is 0 Å². The number of rotatable bonds is 5. The van der Waals surface area contributed by atoms with Gasteiger partial charge in [-0.15, -0.1) is 10.2 Å². The monoisotopic (exact) mass is 199 g/mol. The van der Waals surface area contributed by atoms with E-state index in [1.165, 1.54) is 0 Å². The summed E-state index contributed by atoms with van der Waals surface area (Å²) in [5.41, 5.74) is 0. The van der Waals surface area contributed by atoms with Crippen LogP contribution in [0.2, 0.25) is 0 Å². The van der Waals surface area contributed by atoms with E-state index in [2.05, 4.69) is 20.6 Å². The minimum atomic E-state index is -0.269. The first-order valence-corrected chi connectivity index (χ1v) is 4.43. The van der Waals surface area contributed by atoms with Crippen LogP contribution in [0.1, 0.15) is 24.0 Å². The molecule has 0 unspecified atom stereocenters. The molecule has 0 fully saturated rings. The Hall–Kier alpha value is -1.50. The lowest BCUT2D eigenvalue weighted by Gasteiger charge is -2.17. The minimum absolute atomic E-state index is 0.0600. The van der Waals surface area contributed by atoms with Gasteiger partial charge in [-0.2, -0.15) is 5.21 Å². The van der Waals surface area contributed by atoms with Crippen LogP contribution in [0.25, 0.3) is 0 Å². The van der Waals surface area contributed by atoms with Crippen LogP contribution < -0.4 is 0 Å². The van der Waals surface area contributed by atoms with Crippen molar-refractivity contribution in [3.05, 3.63) is 5.82 Å². The van der Waals surface area contributed by atoms with Crippen molar-refractivity contribution in [2.45, 2.75) is 13.3 Å². The molecular weight excluding hydrogens is 186 g/mol.